The van der Waals surface area contributed by atoms with Gasteiger partial charge in [0.2, 0.25) is 5.89 Å². The number of hydrogen-bond acceptors (Lipinski definition) is 6. The summed E-state index contributed by atoms with van der Waals surface area (Å²) in [6, 6.07) is 0.230. The molecule has 1 unspecified atom stereocenters. The molecule has 1 atom stereocenters. The maximum absolute atomic E-state index is 5.34. The van der Waals surface area contributed by atoms with Crippen LogP contribution in [0.5, 0.6) is 0 Å². The Morgan fingerprint density at radius 1 is 1.42 bits per heavy atom. The van der Waals surface area contributed by atoms with Crippen LogP contribution in [-0.4, -0.2) is 59.7 Å². The zero-order chi connectivity index (χ0) is 13.0. The molecule has 7 heteroatoms. The molecule has 1 fully saturated rings. The fourth-order valence-corrected chi connectivity index (χ4v) is 2.20. The first-order valence-electron chi connectivity index (χ1n) is 6.70. The van der Waals surface area contributed by atoms with Crippen LogP contribution < -0.4 is 5.32 Å². The average molecular weight is 290 g/mol. The molecular weight excluding hydrogens is 266 g/mol. The molecule has 1 aromatic rings. The van der Waals surface area contributed by atoms with E-state index in [1.54, 1.807) is 0 Å². The molecule has 0 radical (unpaired) electrons. The number of rotatable bonds is 5. The topological polar surface area (TPSA) is 57.4 Å². The number of nitrogens with one attached hydrogen (secondary N) is 1. The van der Waals surface area contributed by atoms with Gasteiger partial charge in [0.05, 0.1) is 12.6 Å². The summed E-state index contributed by atoms with van der Waals surface area (Å²) < 4.78 is 5.34. The third kappa shape index (κ3) is 4.14. The lowest BCUT2D eigenvalue weighted by molar-refractivity contribution is 0.189. The molecular formula is C12H24ClN5O. The molecule has 0 saturated carbocycles. The van der Waals surface area contributed by atoms with Gasteiger partial charge in [0.25, 0.3) is 0 Å². The van der Waals surface area contributed by atoms with Gasteiger partial charge in [-0.05, 0) is 20.1 Å². The van der Waals surface area contributed by atoms with Gasteiger partial charge in [0, 0.05) is 19.6 Å². The van der Waals surface area contributed by atoms with E-state index in [4.69, 9.17) is 4.52 Å². The summed E-state index contributed by atoms with van der Waals surface area (Å²) in [5, 5.41) is 7.48. The van der Waals surface area contributed by atoms with Crippen molar-refractivity contribution in [2.75, 3.05) is 39.8 Å². The number of piperazine rings is 1. The van der Waals surface area contributed by atoms with Crippen molar-refractivity contribution in [3.63, 3.8) is 0 Å². The van der Waals surface area contributed by atoms with Gasteiger partial charge in [-0.2, -0.15) is 4.98 Å². The van der Waals surface area contributed by atoms with Gasteiger partial charge in [-0.1, -0.05) is 19.0 Å². The number of hydrogen-bond donors (Lipinski definition) is 1. The molecule has 0 amide bonds. The highest BCUT2D eigenvalue weighted by atomic mass is 35.5. The lowest BCUT2D eigenvalue weighted by Gasteiger charge is -2.30. The molecule has 0 aromatic carbocycles. The fourth-order valence-electron chi connectivity index (χ4n) is 2.20. The number of likely N-dealkylation sites (N-methyl/N-ethyl adjacent to an activating group) is 1. The van der Waals surface area contributed by atoms with E-state index in [1.807, 2.05) is 0 Å². The molecule has 19 heavy (non-hydrogen) atoms. The van der Waals surface area contributed by atoms with E-state index in [9.17, 15) is 0 Å². The predicted molar refractivity (Wildman–Crippen MR) is 76.4 cm³/mol. The number of nitrogens with zero attached hydrogens (tertiary/aromatic N) is 4. The summed E-state index contributed by atoms with van der Waals surface area (Å²) in [6.45, 7) is 9.95. The van der Waals surface area contributed by atoms with E-state index in [0.29, 0.717) is 5.89 Å². The summed E-state index contributed by atoms with van der Waals surface area (Å²) in [5.74, 6) is 1.51. The minimum Gasteiger partial charge on any atom is -0.338 e. The molecule has 1 aromatic heterocycles. The van der Waals surface area contributed by atoms with Crippen LogP contribution in [0, 0.1) is 0 Å². The lowest BCUT2D eigenvalue weighted by Crippen LogP contribution is -2.44. The van der Waals surface area contributed by atoms with Crippen LogP contribution in [-0.2, 0) is 6.54 Å². The number of halogens is 1. The van der Waals surface area contributed by atoms with Crippen molar-refractivity contribution in [2.24, 2.45) is 0 Å². The molecule has 1 N–H and O–H groups in total. The second-order valence-electron chi connectivity index (χ2n) is 4.71. The normalized spacial score (nSPS) is 20.5. The second kappa shape index (κ2) is 7.79. The van der Waals surface area contributed by atoms with Crippen molar-refractivity contribution in [2.45, 2.75) is 26.4 Å². The Labute approximate surface area is 120 Å². The highest BCUT2D eigenvalue weighted by Gasteiger charge is 2.25. The zero-order valence-corrected chi connectivity index (χ0v) is 12.7. The van der Waals surface area contributed by atoms with E-state index in [0.717, 1.165) is 45.1 Å². The summed E-state index contributed by atoms with van der Waals surface area (Å²) in [5.41, 5.74) is 0. The van der Waals surface area contributed by atoms with E-state index >= 15 is 0 Å². The first-order valence-corrected chi connectivity index (χ1v) is 6.70. The Morgan fingerprint density at radius 3 is 2.79 bits per heavy atom. The third-order valence-corrected chi connectivity index (χ3v) is 3.55. The molecule has 2 heterocycles. The minimum atomic E-state index is 0. The molecule has 6 nitrogen and oxygen atoms in total. The van der Waals surface area contributed by atoms with Gasteiger partial charge in [0.15, 0.2) is 5.82 Å². The minimum absolute atomic E-state index is 0. The quantitative estimate of drug-likeness (QED) is 0.869. The molecule has 1 aliphatic heterocycles. The monoisotopic (exact) mass is 289 g/mol. The van der Waals surface area contributed by atoms with Crippen LogP contribution in [0.4, 0.5) is 0 Å². The van der Waals surface area contributed by atoms with E-state index < -0.39 is 0 Å². The van der Waals surface area contributed by atoms with E-state index in [1.165, 1.54) is 0 Å². The molecule has 1 aliphatic rings. The zero-order valence-electron chi connectivity index (χ0n) is 11.9. The Morgan fingerprint density at radius 2 is 2.16 bits per heavy atom. The predicted octanol–water partition coefficient (Wildman–Crippen LogP) is 0.909. The second-order valence-corrected chi connectivity index (χ2v) is 4.71. The van der Waals surface area contributed by atoms with Crippen LogP contribution in [0.25, 0.3) is 0 Å². The Bertz CT molecular complexity index is 369. The summed E-state index contributed by atoms with van der Waals surface area (Å²) in [6.07, 6.45) is 0. The fraction of sp³-hybridized carbons (Fsp3) is 0.833. The van der Waals surface area contributed by atoms with Crippen LogP contribution >= 0.6 is 12.4 Å². The number of aromatic nitrogens is 2. The Balaban J connectivity index is 0.00000180. The average Bonchev–Trinajstić information content (AvgIpc) is 2.85. The molecule has 0 spiro atoms. The lowest BCUT2D eigenvalue weighted by atomic mass is 10.2. The van der Waals surface area contributed by atoms with Crippen molar-refractivity contribution < 1.29 is 4.52 Å². The third-order valence-electron chi connectivity index (χ3n) is 3.55. The van der Waals surface area contributed by atoms with Gasteiger partial charge in [-0.15, -0.1) is 12.4 Å². The Kier molecular flexibility index (Phi) is 6.71. The van der Waals surface area contributed by atoms with Gasteiger partial charge in [-0.3, -0.25) is 9.80 Å². The SMILES string of the molecule is CCN(CC)Cc1nc(C2CNCCN2C)no1.Cl. The first kappa shape index (κ1) is 16.4. The summed E-state index contributed by atoms with van der Waals surface area (Å²) in [4.78, 5) is 9.05. The molecule has 1 saturated heterocycles. The van der Waals surface area contributed by atoms with Crippen molar-refractivity contribution >= 4 is 12.4 Å². The van der Waals surface area contributed by atoms with Crippen LogP contribution in [0.15, 0.2) is 4.52 Å². The highest BCUT2D eigenvalue weighted by molar-refractivity contribution is 5.85. The van der Waals surface area contributed by atoms with Crippen LogP contribution in [0.1, 0.15) is 31.6 Å². The highest BCUT2D eigenvalue weighted by Crippen LogP contribution is 2.17. The van der Waals surface area contributed by atoms with E-state index in [-0.39, 0.29) is 18.4 Å². The summed E-state index contributed by atoms with van der Waals surface area (Å²) >= 11 is 0. The largest absolute Gasteiger partial charge is 0.338 e. The van der Waals surface area contributed by atoms with Crippen LogP contribution in [0.3, 0.4) is 0 Å². The summed E-state index contributed by atoms with van der Waals surface area (Å²) in [7, 11) is 2.10. The Hall–Kier alpha value is -0.690. The molecule has 110 valence electrons. The maximum atomic E-state index is 5.34. The van der Waals surface area contributed by atoms with Gasteiger partial charge in [-0.25, -0.2) is 0 Å². The first-order chi connectivity index (χ1) is 8.74. The molecule has 2 rings (SSSR count). The van der Waals surface area contributed by atoms with Gasteiger partial charge in [0.1, 0.15) is 0 Å². The van der Waals surface area contributed by atoms with Gasteiger partial charge >= 0.3 is 0 Å². The standard InChI is InChI=1S/C12H23N5O.ClH/c1-4-17(5-2)9-11-14-12(15-18-11)10-8-13-6-7-16(10)3;/h10,13H,4-9H2,1-3H3;1H. The smallest absolute Gasteiger partial charge is 0.240 e. The van der Waals surface area contributed by atoms with Crippen molar-refractivity contribution in [1.82, 2.24) is 25.3 Å². The van der Waals surface area contributed by atoms with Crippen molar-refractivity contribution in [3.8, 4) is 0 Å². The van der Waals surface area contributed by atoms with Gasteiger partial charge < -0.3 is 9.84 Å². The van der Waals surface area contributed by atoms with E-state index in [2.05, 4.69) is 46.2 Å². The van der Waals surface area contributed by atoms with Crippen molar-refractivity contribution in [1.29, 1.82) is 0 Å². The van der Waals surface area contributed by atoms with Crippen molar-refractivity contribution in [3.05, 3.63) is 11.7 Å². The van der Waals surface area contributed by atoms with Crippen LogP contribution in [0.2, 0.25) is 0 Å². The maximum Gasteiger partial charge on any atom is 0.240 e. The molecule has 0 bridgehead atoms. The molecule has 0 aliphatic carbocycles.